The van der Waals surface area contributed by atoms with Gasteiger partial charge in [-0.1, -0.05) is 43.7 Å². The van der Waals surface area contributed by atoms with Crippen LogP contribution in [0, 0.1) is 3.57 Å². The third-order valence-electron chi connectivity index (χ3n) is 5.79. The third-order valence-corrected chi connectivity index (χ3v) is 6.58. The number of ether oxygens (including phenoxy) is 2. The summed E-state index contributed by atoms with van der Waals surface area (Å²) in [5.74, 6) is -0.143. The van der Waals surface area contributed by atoms with Gasteiger partial charge in [0.2, 0.25) is 0 Å². The number of rotatable bonds is 10. The van der Waals surface area contributed by atoms with Crippen LogP contribution in [0.2, 0.25) is 0 Å². The van der Waals surface area contributed by atoms with Gasteiger partial charge in [0.15, 0.2) is 5.82 Å². The summed E-state index contributed by atoms with van der Waals surface area (Å²) in [4.78, 5) is 44.3. The fourth-order valence-electron chi connectivity index (χ4n) is 3.88. The molecule has 0 aliphatic carbocycles. The molecular weight excluding hydrogens is 611 g/mol. The van der Waals surface area contributed by atoms with Crippen LogP contribution in [0.15, 0.2) is 65.6 Å². The number of nitrogens with one attached hydrogen (secondary N) is 1. The zero-order chi connectivity index (χ0) is 28.6. The molecule has 39 heavy (non-hydrogen) atoms. The van der Waals surface area contributed by atoms with Crippen molar-refractivity contribution in [2.24, 2.45) is 0 Å². The predicted molar refractivity (Wildman–Crippen MR) is 159 cm³/mol. The van der Waals surface area contributed by atoms with Crippen molar-refractivity contribution in [1.82, 2.24) is 14.5 Å². The number of carbonyl (C=O) groups is 2. The van der Waals surface area contributed by atoms with E-state index in [0.29, 0.717) is 21.4 Å². The lowest BCUT2D eigenvalue weighted by Gasteiger charge is -2.33. The van der Waals surface area contributed by atoms with Gasteiger partial charge in [0.25, 0.3) is 5.91 Å². The molecule has 0 fully saturated rings. The number of unbranched alkanes of at least 4 members (excludes halogenated alkanes) is 1. The van der Waals surface area contributed by atoms with Crippen molar-refractivity contribution < 1.29 is 19.1 Å². The van der Waals surface area contributed by atoms with Crippen LogP contribution < -0.4 is 11.0 Å². The molecular formula is C29H35IN4O5. The van der Waals surface area contributed by atoms with Crippen molar-refractivity contribution in [3.8, 4) is 5.69 Å². The molecule has 0 unspecified atom stereocenters. The van der Waals surface area contributed by atoms with E-state index < -0.39 is 17.4 Å². The normalized spacial score (nSPS) is 12.1. The highest BCUT2D eigenvalue weighted by Gasteiger charge is 2.29. The highest BCUT2D eigenvalue weighted by atomic mass is 127. The molecule has 0 saturated carbocycles. The summed E-state index contributed by atoms with van der Waals surface area (Å²) in [6.45, 7) is 8.41. The largest absolute Gasteiger partial charge is 0.444 e. The highest BCUT2D eigenvalue weighted by molar-refractivity contribution is 14.1. The highest BCUT2D eigenvalue weighted by Crippen LogP contribution is 2.26. The molecule has 10 heteroatoms. The van der Waals surface area contributed by atoms with Gasteiger partial charge in [-0.05, 0) is 79.6 Å². The van der Waals surface area contributed by atoms with Gasteiger partial charge in [-0.25, -0.2) is 9.59 Å². The van der Waals surface area contributed by atoms with E-state index >= 15 is 0 Å². The minimum Gasteiger partial charge on any atom is -0.444 e. The Balaban J connectivity index is 1.87. The van der Waals surface area contributed by atoms with E-state index in [1.807, 2.05) is 61.6 Å². The summed E-state index contributed by atoms with van der Waals surface area (Å²) in [5, 5.41) is 2.71. The second-order valence-corrected chi connectivity index (χ2v) is 11.2. The van der Waals surface area contributed by atoms with Gasteiger partial charge in [-0.3, -0.25) is 14.3 Å². The molecule has 0 aliphatic rings. The van der Waals surface area contributed by atoms with Crippen LogP contribution in [0.1, 0.15) is 62.5 Å². The van der Waals surface area contributed by atoms with Gasteiger partial charge < -0.3 is 14.8 Å². The first-order chi connectivity index (χ1) is 18.5. The quantitative estimate of drug-likeness (QED) is 0.279. The lowest BCUT2D eigenvalue weighted by molar-refractivity contribution is 0.00497. The molecule has 3 rings (SSSR count). The smallest absolute Gasteiger partial charge is 0.410 e. The van der Waals surface area contributed by atoms with Crippen molar-refractivity contribution in [2.45, 2.75) is 52.2 Å². The van der Waals surface area contributed by atoms with E-state index in [4.69, 9.17) is 9.47 Å². The molecule has 1 N–H and O–H groups in total. The molecule has 3 aromatic rings. The minimum absolute atomic E-state index is 0.200. The summed E-state index contributed by atoms with van der Waals surface area (Å²) in [6, 6.07) is 15.7. The first-order valence-corrected chi connectivity index (χ1v) is 13.9. The lowest BCUT2D eigenvalue weighted by atomic mass is 10.0. The zero-order valence-electron chi connectivity index (χ0n) is 22.9. The monoisotopic (exact) mass is 646 g/mol. The second kappa shape index (κ2) is 13.7. The fourth-order valence-corrected chi connectivity index (χ4v) is 4.41. The maximum Gasteiger partial charge on any atom is 0.410 e. The van der Waals surface area contributed by atoms with Crippen LogP contribution in [-0.4, -0.2) is 52.3 Å². The SMILES string of the molecule is CCCCN(C(=O)OC(C)(C)C)[C@H](COC)c1ccc(-n2cc(I)c(NC(=O)c3ccccc3)nc2=O)cc1. The Morgan fingerprint density at radius 2 is 1.77 bits per heavy atom. The summed E-state index contributed by atoms with van der Waals surface area (Å²) in [6.07, 6.45) is 2.98. The van der Waals surface area contributed by atoms with Crippen molar-refractivity contribution in [2.75, 3.05) is 25.6 Å². The zero-order valence-corrected chi connectivity index (χ0v) is 25.1. The summed E-state index contributed by atoms with van der Waals surface area (Å²) in [5.41, 5.74) is 0.771. The molecule has 0 radical (unpaired) electrons. The average molecular weight is 647 g/mol. The first kappa shape index (κ1) is 30.3. The number of hydrogen-bond acceptors (Lipinski definition) is 6. The van der Waals surface area contributed by atoms with Gasteiger partial charge in [0.1, 0.15) is 5.60 Å². The maximum absolute atomic E-state index is 13.1. The van der Waals surface area contributed by atoms with Crippen LogP contribution in [-0.2, 0) is 9.47 Å². The topological polar surface area (TPSA) is 103 Å². The second-order valence-electron chi connectivity index (χ2n) is 10.0. The Morgan fingerprint density at radius 3 is 2.36 bits per heavy atom. The number of hydrogen-bond donors (Lipinski definition) is 1. The van der Waals surface area contributed by atoms with Crippen LogP contribution in [0.3, 0.4) is 0 Å². The molecule has 0 bridgehead atoms. The Hall–Kier alpha value is -3.25. The predicted octanol–water partition coefficient (Wildman–Crippen LogP) is 5.81. The van der Waals surface area contributed by atoms with Crippen molar-refractivity contribution in [1.29, 1.82) is 0 Å². The molecule has 1 aromatic heterocycles. The van der Waals surface area contributed by atoms with E-state index in [-0.39, 0.29) is 24.4 Å². The summed E-state index contributed by atoms with van der Waals surface area (Å²) < 4.78 is 13.2. The molecule has 0 spiro atoms. The van der Waals surface area contributed by atoms with Crippen molar-refractivity contribution in [3.63, 3.8) is 0 Å². The summed E-state index contributed by atoms with van der Waals surface area (Å²) >= 11 is 2.04. The van der Waals surface area contributed by atoms with Crippen LogP contribution >= 0.6 is 22.6 Å². The lowest BCUT2D eigenvalue weighted by Crippen LogP contribution is -2.41. The fraction of sp³-hybridized carbons (Fsp3) is 0.379. The Kier molecular flexibility index (Phi) is 10.6. The Morgan fingerprint density at radius 1 is 1.10 bits per heavy atom. The van der Waals surface area contributed by atoms with E-state index in [0.717, 1.165) is 18.4 Å². The van der Waals surface area contributed by atoms with Gasteiger partial charge in [-0.15, -0.1) is 0 Å². The first-order valence-electron chi connectivity index (χ1n) is 12.8. The maximum atomic E-state index is 13.1. The molecule has 2 amide bonds. The number of halogens is 1. The van der Waals surface area contributed by atoms with E-state index in [9.17, 15) is 14.4 Å². The van der Waals surface area contributed by atoms with Crippen molar-refractivity contribution in [3.05, 3.63) is 86.0 Å². The summed E-state index contributed by atoms with van der Waals surface area (Å²) in [7, 11) is 1.60. The number of anilines is 1. The number of nitrogens with zero attached hydrogens (tertiary/aromatic N) is 3. The molecule has 1 atom stereocenters. The van der Waals surface area contributed by atoms with Crippen molar-refractivity contribution >= 4 is 40.4 Å². The number of amides is 2. The van der Waals surface area contributed by atoms with Gasteiger partial charge in [0.05, 0.1) is 21.9 Å². The van der Waals surface area contributed by atoms with Gasteiger partial charge >= 0.3 is 11.8 Å². The number of aromatic nitrogens is 2. The minimum atomic E-state index is -0.624. The van der Waals surface area contributed by atoms with E-state index in [1.54, 1.807) is 54.6 Å². The molecule has 2 aromatic carbocycles. The third kappa shape index (κ3) is 8.37. The van der Waals surface area contributed by atoms with E-state index in [1.165, 1.54) is 4.57 Å². The molecule has 0 saturated heterocycles. The number of benzene rings is 2. The van der Waals surface area contributed by atoms with Crippen LogP contribution in [0.4, 0.5) is 10.6 Å². The Labute approximate surface area is 242 Å². The number of carbonyl (C=O) groups excluding carboxylic acids is 2. The molecule has 208 valence electrons. The van der Waals surface area contributed by atoms with Crippen LogP contribution in [0.5, 0.6) is 0 Å². The standard InChI is InChI=1S/C29H35IN4O5/c1-6-7-17-33(28(37)39-29(2,3)4)24(19-38-5)20-13-15-22(16-14-20)34-18-23(30)25(32-27(34)36)31-26(35)21-11-9-8-10-12-21/h8-16,18,24H,6-7,17,19H2,1-5H3,(H,31,32,35,36)/t24-/m1/s1. The van der Waals surface area contributed by atoms with Gasteiger partial charge in [-0.2, -0.15) is 4.98 Å². The average Bonchev–Trinajstić information content (AvgIpc) is 2.90. The Bertz CT molecular complexity index is 1320. The van der Waals surface area contributed by atoms with Gasteiger partial charge in [0, 0.05) is 25.4 Å². The molecule has 0 aliphatic heterocycles. The number of methoxy groups -OCH3 is 1. The molecule has 1 heterocycles. The molecule has 9 nitrogen and oxygen atoms in total. The van der Waals surface area contributed by atoms with E-state index in [2.05, 4.69) is 17.2 Å². The van der Waals surface area contributed by atoms with Crippen LogP contribution in [0.25, 0.3) is 5.69 Å².